The second-order valence-corrected chi connectivity index (χ2v) is 4.19. The summed E-state index contributed by atoms with van der Waals surface area (Å²) in [4.78, 5) is 20.1. The summed E-state index contributed by atoms with van der Waals surface area (Å²) in [6, 6.07) is 8.64. The highest BCUT2D eigenvalue weighted by Crippen LogP contribution is 2.23. The van der Waals surface area contributed by atoms with Crippen molar-refractivity contribution in [1.82, 2.24) is 20.2 Å². The standard InChI is InChI=1S/C14H12N6O/c21-14(18-10-4-3-6-15-8-10)19-12-9-17-20-13(12)11-5-1-2-7-16-11/h1-9H,(H,17,20)(H2,18,19,21). The van der Waals surface area contributed by atoms with Gasteiger partial charge >= 0.3 is 6.03 Å². The fourth-order valence-corrected chi connectivity index (χ4v) is 1.81. The van der Waals surface area contributed by atoms with Gasteiger partial charge < -0.3 is 10.6 Å². The molecule has 3 aromatic heterocycles. The van der Waals surface area contributed by atoms with E-state index in [9.17, 15) is 4.79 Å². The third-order valence-electron chi connectivity index (χ3n) is 2.73. The van der Waals surface area contributed by atoms with Crippen molar-refractivity contribution in [2.24, 2.45) is 0 Å². The van der Waals surface area contributed by atoms with E-state index in [-0.39, 0.29) is 6.03 Å². The number of H-pyrrole nitrogens is 1. The van der Waals surface area contributed by atoms with Gasteiger partial charge in [-0.1, -0.05) is 6.07 Å². The van der Waals surface area contributed by atoms with E-state index in [1.165, 1.54) is 6.20 Å². The lowest BCUT2D eigenvalue weighted by molar-refractivity contribution is 0.262. The zero-order chi connectivity index (χ0) is 14.5. The summed E-state index contributed by atoms with van der Waals surface area (Å²) in [5, 5.41) is 12.2. The summed E-state index contributed by atoms with van der Waals surface area (Å²) in [5.74, 6) is 0. The van der Waals surface area contributed by atoms with Crippen molar-refractivity contribution in [3.8, 4) is 11.4 Å². The molecule has 0 atom stereocenters. The van der Waals surface area contributed by atoms with E-state index in [2.05, 4.69) is 30.8 Å². The molecule has 0 saturated carbocycles. The Balaban J connectivity index is 1.74. The van der Waals surface area contributed by atoms with Gasteiger partial charge in [0.1, 0.15) is 5.69 Å². The van der Waals surface area contributed by atoms with Gasteiger partial charge in [0.25, 0.3) is 0 Å². The van der Waals surface area contributed by atoms with Crippen LogP contribution in [0.5, 0.6) is 0 Å². The lowest BCUT2D eigenvalue weighted by atomic mass is 10.2. The molecular formula is C14H12N6O. The third kappa shape index (κ3) is 3.03. The molecule has 2 amide bonds. The topological polar surface area (TPSA) is 95.6 Å². The summed E-state index contributed by atoms with van der Waals surface area (Å²) >= 11 is 0. The monoisotopic (exact) mass is 280 g/mol. The van der Waals surface area contributed by atoms with Crippen molar-refractivity contribution in [2.75, 3.05) is 10.6 Å². The van der Waals surface area contributed by atoms with E-state index in [4.69, 9.17) is 0 Å². The third-order valence-corrected chi connectivity index (χ3v) is 2.73. The number of pyridine rings is 2. The second-order valence-electron chi connectivity index (χ2n) is 4.19. The van der Waals surface area contributed by atoms with Crippen molar-refractivity contribution in [1.29, 1.82) is 0 Å². The normalized spacial score (nSPS) is 10.1. The van der Waals surface area contributed by atoms with Gasteiger partial charge in [-0.05, 0) is 24.3 Å². The number of carbonyl (C=O) groups is 1. The van der Waals surface area contributed by atoms with Crippen molar-refractivity contribution < 1.29 is 4.79 Å². The first-order valence-electron chi connectivity index (χ1n) is 6.26. The zero-order valence-electron chi connectivity index (χ0n) is 10.9. The van der Waals surface area contributed by atoms with Crippen molar-refractivity contribution in [2.45, 2.75) is 0 Å². The largest absolute Gasteiger partial charge is 0.323 e. The number of hydrogen-bond acceptors (Lipinski definition) is 4. The van der Waals surface area contributed by atoms with Crippen molar-refractivity contribution in [3.63, 3.8) is 0 Å². The lowest BCUT2D eigenvalue weighted by Gasteiger charge is -2.07. The first-order valence-corrected chi connectivity index (χ1v) is 6.26. The minimum Gasteiger partial charge on any atom is -0.306 e. The molecule has 7 heteroatoms. The number of nitrogens with one attached hydrogen (secondary N) is 3. The number of urea groups is 1. The minimum absolute atomic E-state index is 0.374. The van der Waals surface area contributed by atoms with Gasteiger partial charge in [0.15, 0.2) is 0 Å². The van der Waals surface area contributed by atoms with Crippen LogP contribution in [0.3, 0.4) is 0 Å². The van der Waals surface area contributed by atoms with Gasteiger partial charge in [-0.2, -0.15) is 5.10 Å². The van der Waals surface area contributed by atoms with Crippen LogP contribution in [0, 0.1) is 0 Å². The van der Waals surface area contributed by atoms with E-state index in [1.54, 1.807) is 30.7 Å². The predicted molar refractivity (Wildman–Crippen MR) is 78.7 cm³/mol. The minimum atomic E-state index is -0.374. The van der Waals surface area contributed by atoms with E-state index < -0.39 is 0 Å². The number of anilines is 2. The molecule has 21 heavy (non-hydrogen) atoms. The highest BCUT2D eigenvalue weighted by atomic mass is 16.2. The SMILES string of the molecule is O=C(Nc1cccnc1)Nc1cn[nH]c1-c1ccccn1. The maximum atomic E-state index is 12.0. The number of nitrogens with zero attached hydrogens (tertiary/aromatic N) is 3. The fourth-order valence-electron chi connectivity index (χ4n) is 1.81. The Bertz CT molecular complexity index is 725. The number of rotatable bonds is 3. The summed E-state index contributed by atoms with van der Waals surface area (Å²) in [6.07, 6.45) is 6.41. The van der Waals surface area contributed by atoms with Crippen LogP contribution in [-0.4, -0.2) is 26.2 Å². The fraction of sp³-hybridized carbons (Fsp3) is 0. The molecule has 104 valence electrons. The smallest absolute Gasteiger partial charge is 0.306 e. The molecule has 3 rings (SSSR count). The van der Waals surface area contributed by atoms with Crippen LogP contribution in [0.1, 0.15) is 0 Å². The summed E-state index contributed by atoms with van der Waals surface area (Å²) in [7, 11) is 0. The first-order chi connectivity index (χ1) is 10.3. The Kier molecular flexibility index (Phi) is 3.55. The van der Waals surface area contributed by atoms with Crippen LogP contribution in [0.4, 0.5) is 16.2 Å². The number of hydrogen-bond donors (Lipinski definition) is 3. The van der Waals surface area contributed by atoms with Gasteiger partial charge in [0, 0.05) is 12.4 Å². The van der Waals surface area contributed by atoms with Gasteiger partial charge in [-0.25, -0.2) is 4.79 Å². The van der Waals surface area contributed by atoms with Crippen LogP contribution in [-0.2, 0) is 0 Å². The van der Waals surface area contributed by atoms with Crippen LogP contribution >= 0.6 is 0 Å². The quantitative estimate of drug-likeness (QED) is 0.687. The highest BCUT2D eigenvalue weighted by molar-refractivity contribution is 6.01. The summed E-state index contributed by atoms with van der Waals surface area (Å²) < 4.78 is 0. The average Bonchev–Trinajstić information content (AvgIpc) is 2.97. The van der Waals surface area contributed by atoms with Gasteiger partial charge in [-0.15, -0.1) is 0 Å². The molecule has 0 spiro atoms. The Morgan fingerprint density at radius 1 is 1.05 bits per heavy atom. The van der Waals surface area contributed by atoms with Crippen LogP contribution < -0.4 is 10.6 Å². The van der Waals surface area contributed by atoms with Gasteiger partial charge in [0.2, 0.25) is 0 Å². The highest BCUT2D eigenvalue weighted by Gasteiger charge is 2.11. The molecule has 0 fully saturated rings. The summed E-state index contributed by atoms with van der Waals surface area (Å²) in [5.41, 5.74) is 2.51. The van der Waals surface area contributed by atoms with Crippen molar-refractivity contribution >= 4 is 17.4 Å². The zero-order valence-corrected chi connectivity index (χ0v) is 10.9. The molecular weight excluding hydrogens is 268 g/mol. The molecule has 0 saturated heterocycles. The maximum Gasteiger partial charge on any atom is 0.323 e. The Hall–Kier alpha value is -3.22. The number of amides is 2. The average molecular weight is 280 g/mol. The van der Waals surface area contributed by atoms with Crippen LogP contribution in [0.15, 0.2) is 55.1 Å². The second kappa shape index (κ2) is 5.83. The molecule has 0 aliphatic rings. The number of carbonyl (C=O) groups excluding carboxylic acids is 1. The Morgan fingerprint density at radius 3 is 2.76 bits per heavy atom. The molecule has 3 aromatic rings. The summed E-state index contributed by atoms with van der Waals surface area (Å²) in [6.45, 7) is 0. The van der Waals surface area contributed by atoms with Crippen LogP contribution in [0.2, 0.25) is 0 Å². The molecule has 7 nitrogen and oxygen atoms in total. The Morgan fingerprint density at radius 2 is 2.00 bits per heavy atom. The number of aromatic amines is 1. The van der Waals surface area contributed by atoms with Crippen molar-refractivity contribution in [3.05, 3.63) is 55.1 Å². The molecule has 0 radical (unpaired) electrons. The number of aromatic nitrogens is 4. The molecule has 0 aliphatic heterocycles. The van der Waals surface area contributed by atoms with Gasteiger partial charge in [-0.3, -0.25) is 15.1 Å². The van der Waals surface area contributed by atoms with Gasteiger partial charge in [0.05, 0.1) is 29.5 Å². The first kappa shape index (κ1) is 12.8. The molecule has 0 aliphatic carbocycles. The predicted octanol–water partition coefficient (Wildman–Crippen LogP) is 2.51. The molecule has 0 aromatic carbocycles. The van der Waals surface area contributed by atoms with E-state index in [1.807, 2.05) is 18.2 Å². The molecule has 0 bridgehead atoms. The maximum absolute atomic E-state index is 12.0. The Labute approximate surface area is 120 Å². The van der Waals surface area contributed by atoms with Crippen LogP contribution in [0.25, 0.3) is 11.4 Å². The van der Waals surface area contributed by atoms with E-state index >= 15 is 0 Å². The molecule has 3 heterocycles. The molecule has 3 N–H and O–H groups in total. The van der Waals surface area contributed by atoms with E-state index in [0.29, 0.717) is 22.8 Å². The lowest BCUT2D eigenvalue weighted by Crippen LogP contribution is -2.19. The van der Waals surface area contributed by atoms with E-state index in [0.717, 1.165) is 0 Å². The molecule has 0 unspecified atom stereocenters.